The molecule has 1 aromatic rings. The molecular formula is C17H26N2O. The molecule has 2 aliphatic rings. The molecule has 110 valence electrons. The number of rotatable bonds is 4. The Morgan fingerprint density at radius 3 is 2.40 bits per heavy atom. The largest absolute Gasteiger partial charge is 0.497 e. The van der Waals surface area contributed by atoms with Gasteiger partial charge in [0.05, 0.1) is 7.11 Å². The number of hydrogen-bond acceptors (Lipinski definition) is 3. The van der Waals surface area contributed by atoms with E-state index in [0.717, 1.165) is 24.4 Å². The van der Waals surface area contributed by atoms with Gasteiger partial charge in [-0.3, -0.25) is 0 Å². The van der Waals surface area contributed by atoms with Crippen molar-refractivity contribution in [3.63, 3.8) is 0 Å². The van der Waals surface area contributed by atoms with Crippen molar-refractivity contribution in [2.24, 2.45) is 0 Å². The van der Waals surface area contributed by atoms with Gasteiger partial charge in [-0.1, -0.05) is 18.6 Å². The fourth-order valence-corrected chi connectivity index (χ4v) is 3.79. The van der Waals surface area contributed by atoms with Crippen LogP contribution in [-0.4, -0.2) is 37.2 Å². The summed E-state index contributed by atoms with van der Waals surface area (Å²) in [6, 6.07) is 10.7. The Morgan fingerprint density at radius 2 is 1.80 bits per heavy atom. The zero-order valence-corrected chi connectivity index (χ0v) is 12.6. The fraction of sp³-hybridized carbons (Fsp3) is 0.647. The number of ether oxygens (including phenoxy) is 1. The van der Waals surface area contributed by atoms with Crippen molar-refractivity contribution >= 4 is 0 Å². The summed E-state index contributed by atoms with van der Waals surface area (Å²) in [5, 5.41) is 3.76. The fourth-order valence-electron chi connectivity index (χ4n) is 3.79. The molecule has 3 nitrogen and oxygen atoms in total. The molecule has 1 aromatic carbocycles. The summed E-state index contributed by atoms with van der Waals surface area (Å²) in [6.45, 7) is 0.970. The highest BCUT2D eigenvalue weighted by atomic mass is 16.5. The van der Waals surface area contributed by atoms with Crippen LogP contribution in [0.15, 0.2) is 24.3 Å². The molecule has 0 radical (unpaired) electrons. The van der Waals surface area contributed by atoms with Crippen LogP contribution in [0.1, 0.15) is 37.7 Å². The molecule has 2 aliphatic heterocycles. The van der Waals surface area contributed by atoms with Crippen LogP contribution in [0.3, 0.4) is 0 Å². The Kier molecular flexibility index (Phi) is 4.27. The van der Waals surface area contributed by atoms with Gasteiger partial charge in [0.2, 0.25) is 0 Å². The third kappa shape index (κ3) is 2.99. The number of nitrogens with zero attached hydrogens (tertiary/aromatic N) is 1. The van der Waals surface area contributed by atoms with Crippen molar-refractivity contribution in [3.8, 4) is 5.75 Å². The van der Waals surface area contributed by atoms with Gasteiger partial charge in [-0.2, -0.15) is 0 Å². The second-order valence-electron chi connectivity index (χ2n) is 6.30. The summed E-state index contributed by atoms with van der Waals surface area (Å²) >= 11 is 0. The predicted molar refractivity (Wildman–Crippen MR) is 82.0 cm³/mol. The maximum Gasteiger partial charge on any atom is 0.118 e. The van der Waals surface area contributed by atoms with Crippen molar-refractivity contribution in [1.29, 1.82) is 0 Å². The molecule has 2 bridgehead atoms. The van der Waals surface area contributed by atoms with Crippen LogP contribution in [0.5, 0.6) is 5.75 Å². The van der Waals surface area contributed by atoms with Crippen molar-refractivity contribution < 1.29 is 4.74 Å². The second kappa shape index (κ2) is 6.15. The average molecular weight is 274 g/mol. The maximum absolute atomic E-state index is 5.20. The van der Waals surface area contributed by atoms with Gasteiger partial charge in [0.25, 0.3) is 0 Å². The molecule has 2 unspecified atom stereocenters. The molecule has 0 spiro atoms. The first-order chi connectivity index (χ1) is 9.76. The third-order valence-electron chi connectivity index (χ3n) is 5.09. The molecule has 2 atom stereocenters. The molecule has 0 amide bonds. The molecular weight excluding hydrogens is 248 g/mol. The van der Waals surface area contributed by atoms with E-state index >= 15 is 0 Å². The molecule has 2 saturated heterocycles. The standard InChI is InChI=1S/C17H26N2O/c1-19-15-4-3-5-16(19)11-14(10-15)18-12-13-6-8-17(20-2)9-7-13/h6-9,14-16,18H,3-5,10-12H2,1-2H3. The molecule has 2 fully saturated rings. The molecule has 2 heterocycles. The molecule has 3 heteroatoms. The van der Waals surface area contributed by atoms with Crippen LogP contribution in [-0.2, 0) is 6.54 Å². The number of methoxy groups -OCH3 is 1. The molecule has 1 N–H and O–H groups in total. The molecule has 0 aromatic heterocycles. The zero-order valence-electron chi connectivity index (χ0n) is 12.6. The molecule has 20 heavy (non-hydrogen) atoms. The summed E-state index contributed by atoms with van der Waals surface area (Å²) in [6.07, 6.45) is 6.80. The topological polar surface area (TPSA) is 24.5 Å². The van der Waals surface area contributed by atoms with Crippen LogP contribution in [0.25, 0.3) is 0 Å². The van der Waals surface area contributed by atoms with E-state index in [1.54, 1.807) is 7.11 Å². The first-order valence-corrected chi connectivity index (χ1v) is 7.84. The molecule has 3 rings (SSSR count). The lowest BCUT2D eigenvalue weighted by atomic mass is 9.82. The van der Waals surface area contributed by atoms with Crippen molar-refractivity contribution in [2.75, 3.05) is 14.2 Å². The molecule has 0 aliphatic carbocycles. The van der Waals surface area contributed by atoms with Crippen LogP contribution in [0.4, 0.5) is 0 Å². The Morgan fingerprint density at radius 1 is 1.15 bits per heavy atom. The van der Waals surface area contributed by atoms with Gasteiger partial charge in [-0.15, -0.1) is 0 Å². The van der Waals surface area contributed by atoms with Crippen molar-refractivity contribution in [2.45, 2.75) is 56.8 Å². The average Bonchev–Trinajstić information content (AvgIpc) is 2.46. The van der Waals surface area contributed by atoms with Crippen LogP contribution < -0.4 is 10.1 Å². The highest BCUT2D eigenvalue weighted by Crippen LogP contribution is 2.32. The highest BCUT2D eigenvalue weighted by molar-refractivity contribution is 5.27. The summed E-state index contributed by atoms with van der Waals surface area (Å²) in [5.41, 5.74) is 1.34. The van der Waals surface area contributed by atoms with Crippen molar-refractivity contribution in [1.82, 2.24) is 10.2 Å². The normalized spacial score (nSPS) is 30.2. The highest BCUT2D eigenvalue weighted by Gasteiger charge is 2.35. The van der Waals surface area contributed by atoms with Gasteiger partial charge >= 0.3 is 0 Å². The van der Waals surface area contributed by atoms with E-state index < -0.39 is 0 Å². The second-order valence-corrected chi connectivity index (χ2v) is 6.30. The van der Waals surface area contributed by atoms with Gasteiger partial charge in [0.15, 0.2) is 0 Å². The minimum Gasteiger partial charge on any atom is -0.497 e. The smallest absolute Gasteiger partial charge is 0.118 e. The van der Waals surface area contributed by atoms with Gasteiger partial charge in [-0.05, 0) is 50.4 Å². The number of benzene rings is 1. The maximum atomic E-state index is 5.20. The van der Waals surface area contributed by atoms with Crippen LogP contribution >= 0.6 is 0 Å². The minimum absolute atomic E-state index is 0.684. The Hall–Kier alpha value is -1.06. The van der Waals surface area contributed by atoms with E-state index in [1.807, 2.05) is 12.1 Å². The quantitative estimate of drug-likeness (QED) is 0.913. The summed E-state index contributed by atoms with van der Waals surface area (Å²) in [5.74, 6) is 0.933. The number of hydrogen-bond donors (Lipinski definition) is 1. The summed E-state index contributed by atoms with van der Waals surface area (Å²) < 4.78 is 5.20. The van der Waals surface area contributed by atoms with E-state index in [4.69, 9.17) is 4.74 Å². The SMILES string of the molecule is COc1ccc(CNC2CC3CCCC(C2)N3C)cc1. The van der Waals surface area contributed by atoms with E-state index in [9.17, 15) is 0 Å². The Labute approximate surface area is 122 Å². The Balaban J connectivity index is 1.53. The van der Waals surface area contributed by atoms with Crippen molar-refractivity contribution in [3.05, 3.63) is 29.8 Å². The van der Waals surface area contributed by atoms with E-state index in [0.29, 0.717) is 6.04 Å². The third-order valence-corrected chi connectivity index (χ3v) is 5.09. The van der Waals surface area contributed by atoms with Crippen LogP contribution in [0.2, 0.25) is 0 Å². The van der Waals surface area contributed by atoms with E-state index in [1.165, 1.54) is 37.7 Å². The first-order valence-electron chi connectivity index (χ1n) is 7.84. The number of fused-ring (bicyclic) bond motifs is 2. The lowest BCUT2D eigenvalue weighted by Crippen LogP contribution is -2.54. The monoisotopic (exact) mass is 274 g/mol. The minimum atomic E-state index is 0.684. The van der Waals surface area contributed by atoms with E-state index in [2.05, 4.69) is 29.4 Å². The zero-order chi connectivity index (χ0) is 13.9. The summed E-state index contributed by atoms with van der Waals surface area (Å²) in [4.78, 5) is 2.62. The first kappa shape index (κ1) is 13.9. The predicted octanol–water partition coefficient (Wildman–Crippen LogP) is 2.80. The van der Waals surface area contributed by atoms with Gasteiger partial charge in [0, 0.05) is 24.7 Å². The summed E-state index contributed by atoms with van der Waals surface area (Å²) in [7, 11) is 4.03. The van der Waals surface area contributed by atoms with Crippen LogP contribution in [0, 0.1) is 0 Å². The number of piperidine rings is 2. The van der Waals surface area contributed by atoms with E-state index in [-0.39, 0.29) is 0 Å². The van der Waals surface area contributed by atoms with Gasteiger partial charge in [-0.25, -0.2) is 0 Å². The number of nitrogens with one attached hydrogen (secondary N) is 1. The van der Waals surface area contributed by atoms with Gasteiger partial charge in [0.1, 0.15) is 5.75 Å². The van der Waals surface area contributed by atoms with Gasteiger partial charge < -0.3 is 15.0 Å². The molecule has 0 saturated carbocycles. The lowest BCUT2D eigenvalue weighted by molar-refractivity contribution is 0.0482. The Bertz CT molecular complexity index is 417. The lowest BCUT2D eigenvalue weighted by Gasteiger charge is -2.47.